The monoisotopic (exact) mass is 379 g/mol. The van der Waals surface area contributed by atoms with Gasteiger partial charge in [0.25, 0.3) is 0 Å². The summed E-state index contributed by atoms with van der Waals surface area (Å²) in [7, 11) is -3.34. The molecule has 8 heteroatoms. The largest absolute Gasteiger partial charge is 0.365 e. The second kappa shape index (κ2) is 6.21. The van der Waals surface area contributed by atoms with E-state index in [4.69, 9.17) is 4.74 Å². The number of hydrogen-bond acceptors (Lipinski definition) is 4. The summed E-state index contributed by atoms with van der Waals surface area (Å²) in [4.78, 5) is 14.4. The van der Waals surface area contributed by atoms with Gasteiger partial charge in [0.15, 0.2) is 0 Å². The molecule has 0 unspecified atom stereocenters. The topological polar surface area (TPSA) is 79.0 Å². The van der Waals surface area contributed by atoms with Crippen LogP contribution in [0.15, 0.2) is 24.3 Å². The Kier molecular flexibility index (Phi) is 4.24. The molecule has 1 spiro atoms. The number of carbonyl (C=O) groups is 1. The zero-order valence-corrected chi connectivity index (χ0v) is 16.0. The van der Waals surface area contributed by atoms with Crippen LogP contribution in [0.25, 0.3) is 0 Å². The Morgan fingerprint density at radius 1 is 1.27 bits per heavy atom. The molecule has 0 aromatic heterocycles. The average Bonchev–Trinajstić information content (AvgIpc) is 3.00. The van der Waals surface area contributed by atoms with Crippen LogP contribution in [0.1, 0.15) is 25.8 Å². The summed E-state index contributed by atoms with van der Waals surface area (Å²) in [5.41, 5.74) is 1.17. The Balaban J connectivity index is 1.51. The van der Waals surface area contributed by atoms with E-state index in [-0.39, 0.29) is 12.1 Å². The Morgan fingerprint density at radius 3 is 2.65 bits per heavy atom. The van der Waals surface area contributed by atoms with Crippen LogP contribution in [0, 0.1) is 0 Å². The minimum absolute atomic E-state index is 0.199. The van der Waals surface area contributed by atoms with Crippen LogP contribution in [0.2, 0.25) is 0 Å². The first-order valence-electron chi connectivity index (χ1n) is 9.19. The number of aryl methyl sites for hydroxylation is 1. The van der Waals surface area contributed by atoms with Gasteiger partial charge in [-0.25, -0.2) is 13.2 Å². The number of nitrogens with zero attached hydrogens (tertiary/aromatic N) is 2. The average molecular weight is 379 g/mol. The summed E-state index contributed by atoms with van der Waals surface area (Å²) >= 11 is 0. The highest BCUT2D eigenvalue weighted by atomic mass is 32.2. The number of morpholine rings is 1. The molecule has 1 aromatic rings. The van der Waals surface area contributed by atoms with Gasteiger partial charge >= 0.3 is 6.03 Å². The highest BCUT2D eigenvalue weighted by Crippen LogP contribution is 2.46. The molecule has 3 aliphatic heterocycles. The lowest BCUT2D eigenvalue weighted by Gasteiger charge is -2.39. The number of sulfonamides is 1. The van der Waals surface area contributed by atoms with Crippen molar-refractivity contribution in [2.75, 3.05) is 31.5 Å². The molecule has 2 bridgehead atoms. The van der Waals surface area contributed by atoms with Crippen LogP contribution < -0.4 is 5.32 Å². The summed E-state index contributed by atoms with van der Waals surface area (Å²) in [6, 6.07) is 7.58. The maximum atomic E-state index is 12.7. The number of likely N-dealkylation sites (N-methyl/N-ethyl adjacent to an activating group) is 1. The summed E-state index contributed by atoms with van der Waals surface area (Å²) in [6.07, 6.45) is 1.20. The first kappa shape index (κ1) is 17.8. The van der Waals surface area contributed by atoms with Crippen LogP contribution in [-0.2, 0) is 21.2 Å². The van der Waals surface area contributed by atoms with E-state index in [1.807, 2.05) is 31.2 Å². The molecular weight excluding hydrogens is 354 g/mol. The molecule has 3 heterocycles. The molecule has 3 fully saturated rings. The predicted octanol–water partition coefficient (Wildman–Crippen LogP) is 1.66. The molecule has 26 heavy (non-hydrogen) atoms. The molecule has 3 aliphatic rings. The highest BCUT2D eigenvalue weighted by Gasteiger charge is 2.65. The lowest BCUT2D eigenvalue weighted by Crippen LogP contribution is -2.57. The molecule has 7 nitrogen and oxygen atoms in total. The fourth-order valence-corrected chi connectivity index (χ4v) is 6.74. The molecular formula is C18H25N3O4S. The van der Waals surface area contributed by atoms with Crippen LogP contribution in [0.4, 0.5) is 10.5 Å². The van der Waals surface area contributed by atoms with Crippen molar-refractivity contribution in [1.82, 2.24) is 9.21 Å². The second-order valence-corrected chi connectivity index (χ2v) is 9.48. The number of carbonyl (C=O) groups excluding carboxylic acids is 1. The van der Waals surface area contributed by atoms with Gasteiger partial charge in [-0.2, -0.15) is 4.31 Å². The van der Waals surface area contributed by atoms with Gasteiger partial charge in [0.2, 0.25) is 10.0 Å². The van der Waals surface area contributed by atoms with E-state index in [9.17, 15) is 13.2 Å². The molecule has 3 atom stereocenters. The lowest BCUT2D eigenvalue weighted by molar-refractivity contribution is -0.0940. The summed E-state index contributed by atoms with van der Waals surface area (Å²) in [5, 5.41) is 2.38. The summed E-state index contributed by atoms with van der Waals surface area (Å²) in [5.74, 6) is 0. The third kappa shape index (κ3) is 2.71. The fraction of sp³-hybridized carbons (Fsp3) is 0.611. The minimum atomic E-state index is -3.34. The first-order chi connectivity index (χ1) is 12.4. The molecule has 2 amide bonds. The molecule has 1 aromatic carbocycles. The van der Waals surface area contributed by atoms with Crippen molar-refractivity contribution in [3.63, 3.8) is 0 Å². The SMILES string of the molecule is CCc1ccc(NC(=O)N2C[C@@H]3C[C@@H]4[C@@](C2)(CN(CC)S4(=O)=O)O3)cc1. The number of rotatable bonds is 3. The van der Waals surface area contributed by atoms with Crippen molar-refractivity contribution in [2.45, 2.75) is 43.6 Å². The third-order valence-electron chi connectivity index (χ3n) is 5.76. The van der Waals surface area contributed by atoms with Crippen LogP contribution in [-0.4, -0.2) is 66.8 Å². The number of amides is 2. The predicted molar refractivity (Wildman–Crippen MR) is 98.6 cm³/mol. The number of ether oxygens (including phenoxy) is 1. The molecule has 0 saturated carbocycles. The van der Waals surface area contributed by atoms with Crippen molar-refractivity contribution in [3.05, 3.63) is 29.8 Å². The third-order valence-corrected chi connectivity index (χ3v) is 8.21. The maximum absolute atomic E-state index is 12.7. The van der Waals surface area contributed by atoms with E-state index in [1.165, 1.54) is 9.87 Å². The highest BCUT2D eigenvalue weighted by molar-refractivity contribution is 7.90. The second-order valence-electron chi connectivity index (χ2n) is 7.36. The quantitative estimate of drug-likeness (QED) is 0.866. The van der Waals surface area contributed by atoms with Gasteiger partial charge in [-0.15, -0.1) is 0 Å². The number of anilines is 1. The number of fused-ring (bicyclic) bond motifs is 1. The zero-order valence-electron chi connectivity index (χ0n) is 15.1. The fourth-order valence-electron chi connectivity index (χ4n) is 4.42. The van der Waals surface area contributed by atoms with Gasteiger partial charge in [-0.05, 0) is 30.5 Å². The summed E-state index contributed by atoms with van der Waals surface area (Å²) in [6.45, 7) is 5.43. The van der Waals surface area contributed by atoms with E-state index in [0.717, 1.165) is 12.1 Å². The Morgan fingerprint density at radius 2 is 2.00 bits per heavy atom. The van der Waals surface area contributed by atoms with Crippen molar-refractivity contribution in [2.24, 2.45) is 0 Å². The van der Waals surface area contributed by atoms with E-state index < -0.39 is 20.9 Å². The molecule has 0 radical (unpaired) electrons. The van der Waals surface area contributed by atoms with Crippen LogP contribution in [0.5, 0.6) is 0 Å². The Labute approximate surface area is 154 Å². The van der Waals surface area contributed by atoms with E-state index in [1.54, 1.807) is 4.90 Å². The molecule has 142 valence electrons. The smallest absolute Gasteiger partial charge is 0.322 e. The van der Waals surface area contributed by atoms with Crippen LogP contribution in [0.3, 0.4) is 0 Å². The van der Waals surface area contributed by atoms with Crippen LogP contribution >= 0.6 is 0 Å². The van der Waals surface area contributed by atoms with E-state index in [2.05, 4.69) is 12.2 Å². The molecule has 1 N–H and O–H groups in total. The van der Waals surface area contributed by atoms with Gasteiger partial charge in [-0.3, -0.25) is 0 Å². The molecule has 4 rings (SSSR count). The number of nitrogens with one attached hydrogen (secondary N) is 1. The normalized spacial score (nSPS) is 32.5. The molecule has 0 aliphatic carbocycles. The number of benzene rings is 1. The first-order valence-corrected chi connectivity index (χ1v) is 10.7. The van der Waals surface area contributed by atoms with Gasteiger partial charge < -0.3 is 15.0 Å². The van der Waals surface area contributed by atoms with Gasteiger partial charge in [0.05, 0.1) is 12.6 Å². The summed E-state index contributed by atoms with van der Waals surface area (Å²) < 4.78 is 33.0. The minimum Gasteiger partial charge on any atom is -0.365 e. The zero-order chi connectivity index (χ0) is 18.5. The Hall–Kier alpha value is -1.64. The standard InChI is InChI=1S/C18H25N3O4S/c1-3-13-5-7-14(8-6-13)19-17(22)20-10-15-9-16-18(11-20,25-15)12-21(4-2)26(16,23)24/h5-8,15-16H,3-4,9-12H2,1-2H3,(H,19,22)/t15-,16+,18+/m0/s1. The van der Waals surface area contributed by atoms with E-state index in [0.29, 0.717) is 32.6 Å². The number of likely N-dealkylation sites (tertiary alicyclic amines) is 1. The lowest BCUT2D eigenvalue weighted by atomic mass is 9.99. The van der Waals surface area contributed by atoms with Crippen molar-refractivity contribution >= 4 is 21.7 Å². The number of hydrogen-bond donors (Lipinski definition) is 1. The van der Waals surface area contributed by atoms with Crippen molar-refractivity contribution < 1.29 is 17.9 Å². The van der Waals surface area contributed by atoms with Gasteiger partial charge in [-0.1, -0.05) is 26.0 Å². The molecule has 3 saturated heterocycles. The van der Waals surface area contributed by atoms with Crippen molar-refractivity contribution in [3.8, 4) is 0 Å². The van der Waals surface area contributed by atoms with E-state index >= 15 is 0 Å². The van der Waals surface area contributed by atoms with Gasteiger partial charge in [0.1, 0.15) is 10.9 Å². The Bertz CT molecular complexity index is 810. The maximum Gasteiger partial charge on any atom is 0.322 e. The van der Waals surface area contributed by atoms with Gasteiger partial charge in [0, 0.05) is 25.3 Å². The number of urea groups is 1. The van der Waals surface area contributed by atoms with Crippen molar-refractivity contribution in [1.29, 1.82) is 0 Å².